The number of nitrogens with zero attached hydrogens (tertiary/aromatic N) is 2. The van der Waals surface area contributed by atoms with E-state index < -0.39 is 5.91 Å². The summed E-state index contributed by atoms with van der Waals surface area (Å²) in [5.74, 6) is -0.390. The number of benzene rings is 2. The van der Waals surface area contributed by atoms with Crippen LogP contribution in [0.1, 0.15) is 21.6 Å². The first-order valence-electron chi connectivity index (χ1n) is 7.12. The summed E-state index contributed by atoms with van der Waals surface area (Å²) in [6, 6.07) is 16.2. The highest BCUT2D eigenvalue weighted by Gasteiger charge is 2.09. The van der Waals surface area contributed by atoms with Crippen molar-refractivity contribution in [2.24, 2.45) is 5.10 Å². The Bertz CT molecular complexity index is 886. The van der Waals surface area contributed by atoms with Gasteiger partial charge in [0, 0.05) is 5.39 Å². The third-order valence-corrected chi connectivity index (χ3v) is 3.39. The van der Waals surface area contributed by atoms with Crippen molar-refractivity contribution in [1.82, 2.24) is 10.4 Å². The second kappa shape index (κ2) is 6.27. The molecule has 0 atom stereocenters. The number of hydrogen-bond acceptors (Lipinski definition) is 4. The predicted octanol–water partition coefficient (Wildman–Crippen LogP) is 3.01. The number of carbonyl (C=O) groups is 1. The van der Waals surface area contributed by atoms with Crippen LogP contribution in [0, 0.1) is 6.92 Å². The molecule has 0 aliphatic rings. The maximum atomic E-state index is 12.1. The summed E-state index contributed by atoms with van der Waals surface area (Å²) in [5, 5.41) is 14.5. The lowest BCUT2D eigenvalue weighted by Crippen LogP contribution is -2.18. The number of carbonyl (C=O) groups excluding carboxylic acids is 1. The van der Waals surface area contributed by atoms with E-state index >= 15 is 0 Å². The fraction of sp³-hybridized carbons (Fsp3) is 0.0556. The molecular formula is C18H15N3O2. The van der Waals surface area contributed by atoms with E-state index in [-0.39, 0.29) is 11.4 Å². The van der Waals surface area contributed by atoms with Gasteiger partial charge >= 0.3 is 0 Å². The molecule has 3 rings (SSSR count). The summed E-state index contributed by atoms with van der Waals surface area (Å²) in [7, 11) is 0. The Kier molecular flexibility index (Phi) is 4.01. The second-order valence-electron chi connectivity index (χ2n) is 5.16. The van der Waals surface area contributed by atoms with Gasteiger partial charge in [0.05, 0.1) is 6.21 Å². The number of fused-ring (bicyclic) bond motifs is 1. The van der Waals surface area contributed by atoms with E-state index in [1.807, 2.05) is 37.3 Å². The first-order chi connectivity index (χ1) is 11.1. The van der Waals surface area contributed by atoms with Crippen LogP contribution in [0.2, 0.25) is 0 Å². The van der Waals surface area contributed by atoms with Crippen molar-refractivity contribution < 1.29 is 9.90 Å². The van der Waals surface area contributed by atoms with Crippen LogP contribution in [0.15, 0.2) is 59.7 Å². The number of hydrazone groups is 1. The maximum Gasteiger partial charge on any atom is 0.289 e. The summed E-state index contributed by atoms with van der Waals surface area (Å²) in [6.07, 6.45) is 1.57. The Hall–Kier alpha value is -3.21. The van der Waals surface area contributed by atoms with Gasteiger partial charge < -0.3 is 5.11 Å². The van der Waals surface area contributed by atoms with Crippen molar-refractivity contribution in [3.63, 3.8) is 0 Å². The molecular weight excluding hydrogens is 290 g/mol. The van der Waals surface area contributed by atoms with Crippen LogP contribution in [-0.4, -0.2) is 22.2 Å². The molecule has 0 saturated carbocycles. The van der Waals surface area contributed by atoms with Gasteiger partial charge in [-0.2, -0.15) is 5.10 Å². The Morgan fingerprint density at radius 3 is 2.70 bits per heavy atom. The van der Waals surface area contributed by atoms with E-state index in [1.165, 1.54) is 6.07 Å². The number of phenolic OH excluding ortho intramolecular Hbond substituents is 1. The molecule has 2 aromatic carbocycles. The molecule has 3 aromatic rings. The SMILES string of the molecule is Cc1ccc(/C=N/NC(=O)c2ccc3cccc(O)c3n2)cc1. The topological polar surface area (TPSA) is 74.6 Å². The Morgan fingerprint density at radius 2 is 1.91 bits per heavy atom. The van der Waals surface area contributed by atoms with Crippen LogP contribution in [0.3, 0.4) is 0 Å². The molecule has 23 heavy (non-hydrogen) atoms. The highest BCUT2D eigenvalue weighted by molar-refractivity contribution is 5.96. The van der Waals surface area contributed by atoms with Gasteiger partial charge in [0.2, 0.25) is 0 Å². The van der Waals surface area contributed by atoms with E-state index in [0.717, 1.165) is 16.5 Å². The third-order valence-electron chi connectivity index (χ3n) is 3.39. The number of rotatable bonds is 3. The van der Waals surface area contributed by atoms with E-state index in [1.54, 1.807) is 24.4 Å². The third kappa shape index (κ3) is 3.35. The molecule has 0 saturated heterocycles. The molecule has 1 amide bonds. The van der Waals surface area contributed by atoms with Gasteiger partial charge in [0.15, 0.2) is 0 Å². The Labute approximate surface area is 133 Å². The van der Waals surface area contributed by atoms with Gasteiger partial charge in [-0.3, -0.25) is 4.79 Å². The lowest BCUT2D eigenvalue weighted by atomic mass is 10.2. The van der Waals surface area contributed by atoms with Gasteiger partial charge in [0.25, 0.3) is 5.91 Å². The van der Waals surface area contributed by atoms with Crippen molar-refractivity contribution in [3.8, 4) is 5.75 Å². The van der Waals surface area contributed by atoms with Crippen molar-refractivity contribution in [2.45, 2.75) is 6.92 Å². The van der Waals surface area contributed by atoms with Crippen molar-refractivity contribution >= 4 is 23.0 Å². The quantitative estimate of drug-likeness (QED) is 0.577. The first-order valence-corrected chi connectivity index (χ1v) is 7.12. The van der Waals surface area contributed by atoms with Crippen LogP contribution in [0.25, 0.3) is 10.9 Å². The molecule has 5 heteroatoms. The minimum absolute atomic E-state index is 0.0420. The van der Waals surface area contributed by atoms with Gasteiger partial charge in [-0.25, -0.2) is 10.4 Å². The Morgan fingerprint density at radius 1 is 1.13 bits per heavy atom. The van der Waals surface area contributed by atoms with Crippen LogP contribution < -0.4 is 5.43 Å². The van der Waals surface area contributed by atoms with Gasteiger partial charge in [-0.15, -0.1) is 0 Å². The average molecular weight is 305 g/mol. The Balaban J connectivity index is 1.75. The zero-order valence-electron chi connectivity index (χ0n) is 12.5. The van der Waals surface area contributed by atoms with Crippen molar-refractivity contribution in [1.29, 1.82) is 0 Å². The first kappa shape index (κ1) is 14.7. The number of nitrogens with one attached hydrogen (secondary N) is 1. The zero-order valence-corrected chi connectivity index (χ0v) is 12.5. The molecule has 0 spiro atoms. The van der Waals surface area contributed by atoms with E-state index in [0.29, 0.717) is 5.52 Å². The van der Waals surface area contributed by atoms with Crippen molar-refractivity contribution in [3.05, 3.63) is 71.4 Å². The van der Waals surface area contributed by atoms with Gasteiger partial charge in [-0.1, -0.05) is 48.0 Å². The van der Waals surface area contributed by atoms with E-state index in [4.69, 9.17) is 0 Å². The molecule has 0 unspecified atom stereocenters. The van der Waals surface area contributed by atoms with Crippen LogP contribution >= 0.6 is 0 Å². The molecule has 0 radical (unpaired) electrons. The molecule has 1 aromatic heterocycles. The maximum absolute atomic E-state index is 12.1. The smallest absolute Gasteiger partial charge is 0.289 e. The number of amides is 1. The predicted molar refractivity (Wildman–Crippen MR) is 89.6 cm³/mol. The lowest BCUT2D eigenvalue weighted by Gasteiger charge is -2.03. The number of pyridine rings is 1. The molecule has 1 heterocycles. The summed E-state index contributed by atoms with van der Waals surface area (Å²) in [5.41, 5.74) is 5.07. The lowest BCUT2D eigenvalue weighted by molar-refractivity contribution is 0.0950. The number of phenols is 1. The fourth-order valence-electron chi connectivity index (χ4n) is 2.13. The number of para-hydroxylation sites is 1. The highest BCUT2D eigenvalue weighted by atomic mass is 16.3. The highest BCUT2D eigenvalue weighted by Crippen LogP contribution is 2.22. The number of aromatic hydroxyl groups is 1. The normalized spacial score (nSPS) is 11.0. The van der Waals surface area contributed by atoms with Crippen LogP contribution in [0.5, 0.6) is 5.75 Å². The second-order valence-corrected chi connectivity index (χ2v) is 5.16. The molecule has 5 nitrogen and oxygen atoms in total. The summed E-state index contributed by atoms with van der Waals surface area (Å²) in [4.78, 5) is 16.3. The monoisotopic (exact) mass is 305 g/mol. The largest absolute Gasteiger partial charge is 0.506 e. The minimum atomic E-state index is -0.432. The number of aromatic nitrogens is 1. The number of hydrogen-bond donors (Lipinski definition) is 2. The number of aryl methyl sites for hydroxylation is 1. The van der Waals surface area contributed by atoms with Crippen LogP contribution in [-0.2, 0) is 0 Å². The molecule has 0 bridgehead atoms. The average Bonchev–Trinajstić information content (AvgIpc) is 2.57. The van der Waals surface area contributed by atoms with E-state index in [2.05, 4.69) is 15.5 Å². The standard InChI is InChI=1S/C18H15N3O2/c1-12-5-7-13(8-6-12)11-19-21-18(23)15-10-9-14-3-2-4-16(22)17(14)20-15/h2-11,22H,1H3,(H,21,23)/b19-11+. The summed E-state index contributed by atoms with van der Waals surface area (Å²) in [6.45, 7) is 2.00. The van der Waals surface area contributed by atoms with Crippen molar-refractivity contribution in [2.75, 3.05) is 0 Å². The molecule has 0 fully saturated rings. The minimum Gasteiger partial charge on any atom is -0.506 e. The summed E-state index contributed by atoms with van der Waals surface area (Å²) >= 11 is 0. The fourth-order valence-corrected chi connectivity index (χ4v) is 2.13. The zero-order chi connectivity index (χ0) is 16.2. The van der Waals surface area contributed by atoms with Gasteiger partial charge in [0.1, 0.15) is 17.0 Å². The van der Waals surface area contributed by atoms with E-state index in [9.17, 15) is 9.90 Å². The van der Waals surface area contributed by atoms with Gasteiger partial charge in [-0.05, 0) is 24.6 Å². The summed E-state index contributed by atoms with van der Waals surface area (Å²) < 4.78 is 0. The van der Waals surface area contributed by atoms with Crippen LogP contribution in [0.4, 0.5) is 0 Å². The molecule has 114 valence electrons. The molecule has 2 N–H and O–H groups in total. The molecule has 0 aliphatic heterocycles. The molecule has 0 aliphatic carbocycles.